The molecule has 0 N–H and O–H groups in total. The van der Waals surface area contributed by atoms with Gasteiger partial charge in [0, 0.05) is 51.4 Å². The van der Waals surface area contributed by atoms with E-state index in [1.807, 2.05) is 21.9 Å². The van der Waals surface area contributed by atoms with Crippen LogP contribution in [0.4, 0.5) is 0 Å². The van der Waals surface area contributed by atoms with Crippen LogP contribution in [0.5, 0.6) is 11.5 Å². The van der Waals surface area contributed by atoms with Crippen LogP contribution in [0.25, 0.3) is 6.08 Å². The largest absolute Gasteiger partial charge is 0.497 e. The molecule has 0 saturated carbocycles. The van der Waals surface area contributed by atoms with Crippen LogP contribution >= 0.6 is 0 Å². The van der Waals surface area contributed by atoms with Gasteiger partial charge >= 0.3 is 0 Å². The minimum Gasteiger partial charge on any atom is -0.497 e. The van der Waals surface area contributed by atoms with Crippen LogP contribution < -0.4 is 9.47 Å². The molecule has 3 rings (SSSR count). The first-order valence-electron chi connectivity index (χ1n) is 9.79. The fraction of sp³-hybridized carbons (Fsp3) is 0.524. The van der Waals surface area contributed by atoms with E-state index in [-0.39, 0.29) is 11.8 Å². The van der Waals surface area contributed by atoms with E-state index in [0.717, 1.165) is 44.6 Å². The Bertz CT molecular complexity index is 698. The molecule has 1 aromatic rings. The van der Waals surface area contributed by atoms with Crippen LogP contribution in [-0.4, -0.2) is 86.5 Å². The van der Waals surface area contributed by atoms with E-state index in [9.17, 15) is 9.59 Å². The third-order valence-corrected chi connectivity index (χ3v) is 5.29. The minimum absolute atomic E-state index is 0.0210. The first kappa shape index (κ1) is 20.2. The minimum atomic E-state index is -0.0210. The summed E-state index contributed by atoms with van der Waals surface area (Å²) in [6.45, 7) is 4.96. The number of amides is 2. The van der Waals surface area contributed by atoms with Crippen LogP contribution in [0, 0.1) is 0 Å². The third kappa shape index (κ3) is 5.25. The van der Waals surface area contributed by atoms with Crippen molar-refractivity contribution in [2.75, 3.05) is 60.0 Å². The smallest absolute Gasteiger partial charge is 0.246 e. The van der Waals surface area contributed by atoms with Crippen molar-refractivity contribution < 1.29 is 19.1 Å². The lowest BCUT2D eigenvalue weighted by atomic mass is 10.2. The highest BCUT2D eigenvalue weighted by Crippen LogP contribution is 2.23. The quantitative estimate of drug-likeness (QED) is 0.692. The maximum Gasteiger partial charge on any atom is 0.246 e. The molecule has 2 aliphatic rings. The third-order valence-electron chi connectivity index (χ3n) is 5.29. The average Bonchev–Trinajstić information content (AvgIpc) is 3.27. The van der Waals surface area contributed by atoms with Crippen molar-refractivity contribution in [2.45, 2.75) is 12.8 Å². The normalized spacial score (nSPS) is 17.9. The maximum absolute atomic E-state index is 12.5. The number of hydrogen-bond donors (Lipinski definition) is 0. The highest BCUT2D eigenvalue weighted by atomic mass is 16.5. The number of benzene rings is 1. The Morgan fingerprint density at radius 3 is 2.07 bits per heavy atom. The SMILES string of the molecule is COc1cc(/C=C/C(=O)N2CCN(CC(=O)N3CCCC3)CC2)cc(OC)c1. The van der Waals surface area contributed by atoms with Gasteiger partial charge in [-0.1, -0.05) is 0 Å². The van der Waals surface area contributed by atoms with Crippen molar-refractivity contribution >= 4 is 17.9 Å². The average molecular weight is 387 g/mol. The highest BCUT2D eigenvalue weighted by molar-refractivity contribution is 5.92. The second kappa shape index (κ2) is 9.59. The fourth-order valence-corrected chi connectivity index (χ4v) is 3.58. The molecule has 2 fully saturated rings. The fourth-order valence-electron chi connectivity index (χ4n) is 3.58. The van der Waals surface area contributed by atoms with Gasteiger partial charge in [-0.25, -0.2) is 0 Å². The van der Waals surface area contributed by atoms with Crippen molar-refractivity contribution in [1.82, 2.24) is 14.7 Å². The molecule has 0 atom stereocenters. The Balaban J connectivity index is 1.49. The van der Waals surface area contributed by atoms with E-state index in [4.69, 9.17) is 9.47 Å². The molecule has 7 heteroatoms. The summed E-state index contributed by atoms with van der Waals surface area (Å²) in [6.07, 6.45) is 5.58. The summed E-state index contributed by atoms with van der Waals surface area (Å²) in [7, 11) is 3.20. The summed E-state index contributed by atoms with van der Waals surface area (Å²) in [6, 6.07) is 5.50. The summed E-state index contributed by atoms with van der Waals surface area (Å²) in [5.41, 5.74) is 0.847. The first-order chi connectivity index (χ1) is 13.6. The number of nitrogens with zero attached hydrogens (tertiary/aromatic N) is 3. The Kier molecular flexibility index (Phi) is 6.92. The van der Waals surface area contributed by atoms with Gasteiger partial charge in [0.1, 0.15) is 11.5 Å². The number of likely N-dealkylation sites (tertiary alicyclic amines) is 1. The predicted molar refractivity (Wildman–Crippen MR) is 107 cm³/mol. The number of hydrogen-bond acceptors (Lipinski definition) is 5. The zero-order valence-electron chi connectivity index (χ0n) is 16.7. The summed E-state index contributed by atoms with van der Waals surface area (Å²) in [5.74, 6) is 1.56. The molecule has 2 saturated heterocycles. The molecular formula is C21H29N3O4. The van der Waals surface area contributed by atoms with Crippen LogP contribution in [0.3, 0.4) is 0 Å². The van der Waals surface area contributed by atoms with Gasteiger partial charge in [0.15, 0.2) is 0 Å². The zero-order valence-corrected chi connectivity index (χ0v) is 16.7. The number of piperazine rings is 1. The second-order valence-corrected chi connectivity index (χ2v) is 7.17. The summed E-state index contributed by atoms with van der Waals surface area (Å²) >= 11 is 0. The van der Waals surface area contributed by atoms with Gasteiger partial charge in [-0.2, -0.15) is 0 Å². The van der Waals surface area contributed by atoms with Crippen LogP contribution in [-0.2, 0) is 9.59 Å². The number of rotatable bonds is 6. The van der Waals surface area contributed by atoms with Crippen LogP contribution in [0.15, 0.2) is 24.3 Å². The highest BCUT2D eigenvalue weighted by Gasteiger charge is 2.24. The molecule has 1 aromatic carbocycles. The monoisotopic (exact) mass is 387 g/mol. The summed E-state index contributed by atoms with van der Waals surface area (Å²) < 4.78 is 10.5. The van der Waals surface area contributed by atoms with Crippen molar-refractivity contribution in [3.63, 3.8) is 0 Å². The lowest BCUT2D eigenvalue weighted by molar-refractivity contribution is -0.132. The summed E-state index contributed by atoms with van der Waals surface area (Å²) in [4.78, 5) is 30.7. The Hall–Kier alpha value is -2.54. The molecule has 2 aliphatic heterocycles. The molecule has 0 radical (unpaired) electrons. The van der Waals surface area contributed by atoms with E-state index in [2.05, 4.69) is 4.90 Å². The molecule has 7 nitrogen and oxygen atoms in total. The topological polar surface area (TPSA) is 62.3 Å². The Morgan fingerprint density at radius 2 is 1.50 bits per heavy atom. The number of methoxy groups -OCH3 is 2. The standard InChI is InChI=1S/C21H29N3O4/c1-27-18-13-17(14-19(15-18)28-2)5-6-20(25)24-11-9-22(10-12-24)16-21(26)23-7-3-4-8-23/h5-6,13-15H,3-4,7-12,16H2,1-2H3/b6-5+. The van der Waals surface area contributed by atoms with Crippen molar-refractivity contribution in [1.29, 1.82) is 0 Å². The van der Waals surface area contributed by atoms with Crippen molar-refractivity contribution in [3.8, 4) is 11.5 Å². The van der Waals surface area contributed by atoms with Gasteiger partial charge in [-0.05, 0) is 36.6 Å². The van der Waals surface area contributed by atoms with Gasteiger partial charge in [0.05, 0.1) is 20.8 Å². The van der Waals surface area contributed by atoms with Gasteiger partial charge < -0.3 is 19.3 Å². The van der Waals surface area contributed by atoms with Crippen molar-refractivity contribution in [2.24, 2.45) is 0 Å². The van der Waals surface area contributed by atoms with Gasteiger partial charge in [-0.3, -0.25) is 14.5 Å². The van der Waals surface area contributed by atoms with Gasteiger partial charge in [0.2, 0.25) is 11.8 Å². The molecule has 0 aliphatic carbocycles. The molecule has 0 bridgehead atoms. The van der Waals surface area contributed by atoms with E-state index in [1.54, 1.807) is 32.4 Å². The lowest BCUT2D eigenvalue weighted by Crippen LogP contribution is -2.51. The molecule has 2 amide bonds. The maximum atomic E-state index is 12.5. The van der Waals surface area contributed by atoms with E-state index >= 15 is 0 Å². The molecule has 0 aromatic heterocycles. The van der Waals surface area contributed by atoms with E-state index in [1.165, 1.54) is 0 Å². The Morgan fingerprint density at radius 1 is 0.893 bits per heavy atom. The molecule has 0 unspecified atom stereocenters. The van der Waals surface area contributed by atoms with Crippen LogP contribution in [0.2, 0.25) is 0 Å². The Labute approximate surface area is 166 Å². The second-order valence-electron chi connectivity index (χ2n) is 7.17. The first-order valence-corrected chi connectivity index (χ1v) is 9.79. The summed E-state index contributed by atoms with van der Waals surface area (Å²) in [5, 5.41) is 0. The number of carbonyl (C=O) groups excluding carboxylic acids is 2. The lowest BCUT2D eigenvalue weighted by Gasteiger charge is -2.34. The molecule has 2 heterocycles. The van der Waals surface area contributed by atoms with Gasteiger partial charge in [-0.15, -0.1) is 0 Å². The molecular weight excluding hydrogens is 358 g/mol. The van der Waals surface area contributed by atoms with Crippen molar-refractivity contribution in [3.05, 3.63) is 29.8 Å². The van der Waals surface area contributed by atoms with E-state index < -0.39 is 0 Å². The zero-order chi connectivity index (χ0) is 19.9. The number of carbonyl (C=O) groups is 2. The van der Waals surface area contributed by atoms with Crippen LogP contribution in [0.1, 0.15) is 18.4 Å². The van der Waals surface area contributed by atoms with E-state index in [0.29, 0.717) is 31.1 Å². The molecule has 28 heavy (non-hydrogen) atoms. The predicted octanol–water partition coefficient (Wildman–Crippen LogP) is 1.48. The van der Waals surface area contributed by atoms with Gasteiger partial charge in [0.25, 0.3) is 0 Å². The molecule has 152 valence electrons. The molecule has 0 spiro atoms. The number of ether oxygens (including phenoxy) is 2.